The molecule has 0 saturated carbocycles. The summed E-state index contributed by atoms with van der Waals surface area (Å²) >= 11 is 0. The maximum Gasteiger partial charge on any atom is 0.109 e. The van der Waals surface area contributed by atoms with Crippen LogP contribution < -0.4 is 5.73 Å². The number of rotatable bonds is 2. The molecule has 0 spiro atoms. The molecular weight excluding hydrogens is 174 g/mol. The Bertz CT molecular complexity index is 314. The number of hydrogen-bond acceptors (Lipinski definition) is 2. The summed E-state index contributed by atoms with van der Waals surface area (Å²) in [7, 11) is 0. The smallest absolute Gasteiger partial charge is 0.109 e. The van der Waals surface area contributed by atoms with Crippen molar-refractivity contribution in [2.75, 3.05) is 0 Å². The summed E-state index contributed by atoms with van der Waals surface area (Å²) in [5.41, 5.74) is 6.96. The van der Waals surface area contributed by atoms with Crippen molar-refractivity contribution in [1.82, 2.24) is 9.55 Å². The van der Waals surface area contributed by atoms with Gasteiger partial charge >= 0.3 is 0 Å². The molecule has 0 radical (unpaired) electrons. The topological polar surface area (TPSA) is 43.8 Å². The van der Waals surface area contributed by atoms with Crippen LogP contribution in [0.4, 0.5) is 0 Å². The standard InChI is InChI=1S/C11H19N3/c1-8(12)5-10-3-4-14-7-9(2)13-11(14)6-10/h7-8,10H,3-6,12H2,1-2H3. The first-order valence-electron chi connectivity index (χ1n) is 5.43. The third-order valence-corrected chi connectivity index (χ3v) is 2.93. The molecule has 2 N–H and O–H groups in total. The van der Waals surface area contributed by atoms with E-state index < -0.39 is 0 Å². The predicted molar refractivity (Wildman–Crippen MR) is 57.0 cm³/mol. The van der Waals surface area contributed by atoms with E-state index in [9.17, 15) is 0 Å². The van der Waals surface area contributed by atoms with Gasteiger partial charge in [0.1, 0.15) is 5.82 Å². The minimum absolute atomic E-state index is 0.322. The number of imidazole rings is 1. The van der Waals surface area contributed by atoms with E-state index in [0.717, 1.165) is 31.0 Å². The number of fused-ring (bicyclic) bond motifs is 1. The summed E-state index contributed by atoms with van der Waals surface area (Å²) < 4.78 is 2.28. The summed E-state index contributed by atoms with van der Waals surface area (Å²) in [6.45, 7) is 5.27. The molecule has 1 aromatic heterocycles. The summed E-state index contributed by atoms with van der Waals surface area (Å²) in [5.74, 6) is 1.99. The summed E-state index contributed by atoms with van der Waals surface area (Å²) in [5, 5.41) is 0. The molecule has 0 aromatic carbocycles. The Morgan fingerprint density at radius 1 is 1.71 bits per heavy atom. The quantitative estimate of drug-likeness (QED) is 0.773. The van der Waals surface area contributed by atoms with Gasteiger partial charge in [-0.3, -0.25) is 0 Å². The first-order valence-corrected chi connectivity index (χ1v) is 5.43. The normalized spacial score (nSPS) is 23.2. The molecule has 78 valence electrons. The first kappa shape index (κ1) is 9.71. The summed E-state index contributed by atoms with van der Waals surface area (Å²) in [6.07, 6.45) is 5.64. The van der Waals surface area contributed by atoms with Gasteiger partial charge in [-0.2, -0.15) is 0 Å². The van der Waals surface area contributed by atoms with Crippen LogP contribution in [0.5, 0.6) is 0 Å². The van der Waals surface area contributed by atoms with Crippen molar-refractivity contribution in [2.45, 2.75) is 45.7 Å². The van der Waals surface area contributed by atoms with Crippen molar-refractivity contribution in [1.29, 1.82) is 0 Å². The molecule has 2 heterocycles. The Hall–Kier alpha value is -0.830. The average Bonchev–Trinajstić information content (AvgIpc) is 2.42. The molecule has 2 rings (SSSR count). The molecule has 0 fully saturated rings. The van der Waals surface area contributed by atoms with Crippen molar-refractivity contribution in [3.63, 3.8) is 0 Å². The molecule has 2 unspecified atom stereocenters. The zero-order valence-corrected chi connectivity index (χ0v) is 9.03. The van der Waals surface area contributed by atoms with E-state index in [1.54, 1.807) is 0 Å². The van der Waals surface area contributed by atoms with Gasteiger partial charge in [0.25, 0.3) is 0 Å². The number of aryl methyl sites for hydroxylation is 2. The number of nitrogens with two attached hydrogens (primary N) is 1. The highest BCUT2D eigenvalue weighted by atomic mass is 15.1. The third-order valence-electron chi connectivity index (χ3n) is 2.93. The largest absolute Gasteiger partial charge is 0.335 e. The summed E-state index contributed by atoms with van der Waals surface area (Å²) in [4.78, 5) is 4.53. The van der Waals surface area contributed by atoms with Crippen molar-refractivity contribution in [3.05, 3.63) is 17.7 Å². The predicted octanol–water partition coefficient (Wildman–Crippen LogP) is 1.49. The van der Waals surface area contributed by atoms with E-state index in [2.05, 4.69) is 29.6 Å². The lowest BCUT2D eigenvalue weighted by Crippen LogP contribution is -2.25. The average molecular weight is 193 g/mol. The third kappa shape index (κ3) is 1.98. The maximum atomic E-state index is 5.82. The molecular formula is C11H19N3. The van der Waals surface area contributed by atoms with Gasteiger partial charge in [0.05, 0.1) is 5.69 Å². The maximum absolute atomic E-state index is 5.82. The molecule has 1 aliphatic heterocycles. The Morgan fingerprint density at radius 2 is 2.50 bits per heavy atom. The van der Waals surface area contributed by atoms with Crippen molar-refractivity contribution >= 4 is 0 Å². The lowest BCUT2D eigenvalue weighted by Gasteiger charge is -2.24. The van der Waals surface area contributed by atoms with Gasteiger partial charge in [-0.05, 0) is 32.6 Å². The van der Waals surface area contributed by atoms with Crippen LogP contribution >= 0.6 is 0 Å². The van der Waals surface area contributed by atoms with E-state index in [-0.39, 0.29) is 0 Å². The second-order valence-corrected chi connectivity index (χ2v) is 4.56. The fraction of sp³-hybridized carbons (Fsp3) is 0.727. The Kier molecular flexibility index (Phi) is 2.59. The van der Waals surface area contributed by atoms with Gasteiger partial charge in [-0.15, -0.1) is 0 Å². The van der Waals surface area contributed by atoms with Crippen LogP contribution in [0.1, 0.15) is 31.3 Å². The highest BCUT2D eigenvalue weighted by Gasteiger charge is 2.20. The van der Waals surface area contributed by atoms with E-state index >= 15 is 0 Å². The zero-order chi connectivity index (χ0) is 10.1. The lowest BCUT2D eigenvalue weighted by molar-refractivity contribution is 0.343. The van der Waals surface area contributed by atoms with Gasteiger partial charge in [-0.25, -0.2) is 4.98 Å². The molecule has 2 atom stereocenters. The van der Waals surface area contributed by atoms with Crippen LogP contribution in [0.2, 0.25) is 0 Å². The van der Waals surface area contributed by atoms with Gasteiger partial charge < -0.3 is 10.3 Å². The highest BCUT2D eigenvalue weighted by Crippen LogP contribution is 2.23. The second-order valence-electron chi connectivity index (χ2n) is 4.56. The number of aromatic nitrogens is 2. The number of hydrogen-bond donors (Lipinski definition) is 1. The molecule has 3 nitrogen and oxygen atoms in total. The molecule has 0 aliphatic carbocycles. The zero-order valence-electron chi connectivity index (χ0n) is 9.03. The Balaban J connectivity index is 2.05. The van der Waals surface area contributed by atoms with Crippen LogP contribution in [0.3, 0.4) is 0 Å². The molecule has 1 aliphatic rings. The second kappa shape index (κ2) is 3.73. The van der Waals surface area contributed by atoms with E-state index in [1.807, 2.05) is 0 Å². The minimum Gasteiger partial charge on any atom is -0.335 e. The fourth-order valence-corrected chi connectivity index (χ4v) is 2.36. The van der Waals surface area contributed by atoms with Crippen molar-refractivity contribution < 1.29 is 0 Å². The number of nitrogens with zero attached hydrogens (tertiary/aromatic N) is 2. The Morgan fingerprint density at radius 3 is 3.21 bits per heavy atom. The molecule has 14 heavy (non-hydrogen) atoms. The Labute approximate surface area is 85.3 Å². The summed E-state index contributed by atoms with van der Waals surface area (Å²) in [6, 6.07) is 0.322. The monoisotopic (exact) mass is 193 g/mol. The van der Waals surface area contributed by atoms with E-state index in [0.29, 0.717) is 6.04 Å². The van der Waals surface area contributed by atoms with Crippen LogP contribution in [-0.2, 0) is 13.0 Å². The van der Waals surface area contributed by atoms with Crippen LogP contribution in [0, 0.1) is 12.8 Å². The fourth-order valence-electron chi connectivity index (χ4n) is 2.36. The highest BCUT2D eigenvalue weighted by molar-refractivity contribution is 5.05. The van der Waals surface area contributed by atoms with Gasteiger partial charge in [0, 0.05) is 25.2 Å². The first-order chi connectivity index (χ1) is 6.65. The minimum atomic E-state index is 0.322. The van der Waals surface area contributed by atoms with Crippen LogP contribution in [-0.4, -0.2) is 15.6 Å². The van der Waals surface area contributed by atoms with E-state index in [1.165, 1.54) is 12.2 Å². The van der Waals surface area contributed by atoms with Crippen LogP contribution in [0.25, 0.3) is 0 Å². The molecule has 0 saturated heterocycles. The van der Waals surface area contributed by atoms with E-state index in [4.69, 9.17) is 5.73 Å². The molecule has 3 heteroatoms. The van der Waals surface area contributed by atoms with Gasteiger partial charge in [0.15, 0.2) is 0 Å². The SMILES string of the molecule is Cc1cn2c(n1)CC(CC(C)N)CC2. The van der Waals surface area contributed by atoms with Crippen LogP contribution in [0.15, 0.2) is 6.20 Å². The lowest BCUT2D eigenvalue weighted by atomic mass is 9.92. The molecule has 1 aromatic rings. The van der Waals surface area contributed by atoms with Gasteiger partial charge in [0.2, 0.25) is 0 Å². The van der Waals surface area contributed by atoms with Gasteiger partial charge in [-0.1, -0.05) is 0 Å². The van der Waals surface area contributed by atoms with Crippen molar-refractivity contribution in [2.24, 2.45) is 11.7 Å². The van der Waals surface area contributed by atoms with Crippen molar-refractivity contribution in [3.8, 4) is 0 Å². The molecule has 0 bridgehead atoms. The molecule has 0 amide bonds.